The van der Waals surface area contributed by atoms with Gasteiger partial charge in [-0.05, 0) is 4.92 Å². The van der Waals surface area contributed by atoms with Crippen molar-refractivity contribution >= 4 is 17.8 Å². The normalized spacial score (nSPS) is 9.88. The van der Waals surface area contributed by atoms with E-state index < -0.39 is 22.7 Å². The van der Waals surface area contributed by atoms with Crippen molar-refractivity contribution in [3.63, 3.8) is 0 Å². The van der Waals surface area contributed by atoms with Gasteiger partial charge in [-0.1, -0.05) is 0 Å². The molecule has 92 valence electrons. The molecular weight excluding hydrogens is 234 g/mol. The monoisotopic (exact) mass is 243 g/mol. The average Bonchev–Trinajstić information content (AvgIpc) is 2.61. The SMILES string of the molecule is NC(=O)OCCn1cc(C(N)=O)c([N+](=O)[O-])n1. The van der Waals surface area contributed by atoms with Crippen LogP contribution >= 0.6 is 0 Å². The first-order chi connectivity index (χ1) is 7.91. The van der Waals surface area contributed by atoms with E-state index in [1.54, 1.807) is 0 Å². The Bertz CT molecular complexity index is 436. The second-order valence-electron chi connectivity index (χ2n) is 2.92. The Morgan fingerprint density at radius 1 is 1.53 bits per heavy atom. The number of carbonyl (C=O) groups excluding carboxylic acids is 2. The molecule has 0 atom stereocenters. The van der Waals surface area contributed by atoms with Crippen LogP contribution in [-0.2, 0) is 11.3 Å². The van der Waals surface area contributed by atoms with Gasteiger partial charge in [-0.2, -0.15) is 4.68 Å². The minimum absolute atomic E-state index is 0.0249. The van der Waals surface area contributed by atoms with Gasteiger partial charge in [0.2, 0.25) is 0 Å². The third-order valence-corrected chi connectivity index (χ3v) is 1.75. The van der Waals surface area contributed by atoms with Gasteiger partial charge in [0.15, 0.2) is 5.56 Å². The second kappa shape index (κ2) is 4.92. The Balaban J connectivity index is 2.81. The van der Waals surface area contributed by atoms with Crippen LogP contribution in [0.2, 0.25) is 0 Å². The van der Waals surface area contributed by atoms with Crippen LogP contribution in [0.25, 0.3) is 0 Å². The molecule has 0 fully saturated rings. The zero-order valence-corrected chi connectivity index (χ0v) is 8.53. The van der Waals surface area contributed by atoms with Crippen LogP contribution in [0.15, 0.2) is 6.20 Å². The summed E-state index contributed by atoms with van der Waals surface area (Å²) in [5.74, 6) is -1.60. The molecule has 0 unspecified atom stereocenters. The molecule has 0 aliphatic rings. The van der Waals surface area contributed by atoms with Crippen LogP contribution in [0.1, 0.15) is 10.4 Å². The number of ether oxygens (including phenoxy) is 1. The van der Waals surface area contributed by atoms with Crippen molar-refractivity contribution in [3.05, 3.63) is 21.9 Å². The predicted octanol–water partition coefficient (Wildman–Crippen LogP) is -1.01. The van der Waals surface area contributed by atoms with E-state index >= 15 is 0 Å². The molecule has 0 radical (unpaired) electrons. The van der Waals surface area contributed by atoms with Gasteiger partial charge in [0.25, 0.3) is 5.91 Å². The summed E-state index contributed by atoms with van der Waals surface area (Å²) in [5, 5.41) is 14.1. The van der Waals surface area contributed by atoms with Gasteiger partial charge in [0.05, 0.1) is 17.8 Å². The number of amides is 2. The molecule has 0 saturated heterocycles. The molecule has 0 aromatic carbocycles. The van der Waals surface area contributed by atoms with Crippen molar-refractivity contribution in [2.45, 2.75) is 6.54 Å². The highest BCUT2D eigenvalue weighted by Crippen LogP contribution is 2.14. The number of carbonyl (C=O) groups is 2. The number of nitrogens with zero attached hydrogens (tertiary/aromatic N) is 3. The Labute approximate surface area is 94.3 Å². The van der Waals surface area contributed by atoms with E-state index in [1.807, 2.05) is 0 Å². The summed E-state index contributed by atoms with van der Waals surface area (Å²) in [6.07, 6.45) is 0.131. The van der Waals surface area contributed by atoms with Crippen LogP contribution < -0.4 is 11.5 Å². The lowest BCUT2D eigenvalue weighted by atomic mass is 10.3. The largest absolute Gasteiger partial charge is 0.448 e. The molecule has 10 heteroatoms. The topological polar surface area (TPSA) is 156 Å². The van der Waals surface area contributed by atoms with Crippen molar-refractivity contribution in [2.24, 2.45) is 11.5 Å². The van der Waals surface area contributed by atoms with Crippen molar-refractivity contribution in [1.82, 2.24) is 9.78 Å². The number of nitro groups is 1. The summed E-state index contributed by atoms with van der Waals surface area (Å²) < 4.78 is 5.48. The van der Waals surface area contributed by atoms with Crippen LogP contribution in [0, 0.1) is 10.1 Å². The summed E-state index contributed by atoms with van der Waals surface area (Å²) >= 11 is 0. The lowest BCUT2D eigenvalue weighted by Crippen LogP contribution is -2.17. The van der Waals surface area contributed by atoms with Gasteiger partial charge in [-0.25, -0.2) is 4.79 Å². The van der Waals surface area contributed by atoms with Crippen molar-refractivity contribution in [1.29, 1.82) is 0 Å². The number of nitrogens with two attached hydrogens (primary N) is 2. The maximum Gasteiger partial charge on any atom is 0.404 e. The first-order valence-electron chi connectivity index (χ1n) is 4.35. The molecule has 0 bridgehead atoms. The quantitative estimate of drug-likeness (QED) is 0.498. The zero-order valence-electron chi connectivity index (χ0n) is 8.53. The maximum absolute atomic E-state index is 10.9. The highest BCUT2D eigenvalue weighted by Gasteiger charge is 2.24. The van der Waals surface area contributed by atoms with Gasteiger partial charge in [0, 0.05) is 0 Å². The number of aromatic nitrogens is 2. The van der Waals surface area contributed by atoms with Gasteiger partial charge >= 0.3 is 11.9 Å². The highest BCUT2D eigenvalue weighted by molar-refractivity contribution is 5.95. The average molecular weight is 243 g/mol. The molecule has 1 aromatic heterocycles. The van der Waals surface area contributed by atoms with Gasteiger partial charge in [-0.15, -0.1) is 0 Å². The second-order valence-corrected chi connectivity index (χ2v) is 2.92. The predicted molar refractivity (Wildman–Crippen MR) is 52.9 cm³/mol. The fraction of sp³-hybridized carbons (Fsp3) is 0.286. The Kier molecular flexibility index (Phi) is 3.59. The van der Waals surface area contributed by atoms with E-state index in [1.165, 1.54) is 0 Å². The van der Waals surface area contributed by atoms with E-state index in [0.29, 0.717) is 0 Å². The molecule has 0 saturated carbocycles. The van der Waals surface area contributed by atoms with Crippen LogP contribution in [0.5, 0.6) is 0 Å². The number of rotatable bonds is 5. The number of hydrogen-bond donors (Lipinski definition) is 2. The van der Waals surface area contributed by atoms with Gasteiger partial charge < -0.3 is 26.3 Å². The van der Waals surface area contributed by atoms with Gasteiger partial charge in [-0.3, -0.25) is 4.79 Å². The minimum atomic E-state index is -0.971. The smallest absolute Gasteiger partial charge is 0.404 e. The van der Waals surface area contributed by atoms with Gasteiger partial charge in [0.1, 0.15) is 6.61 Å². The van der Waals surface area contributed by atoms with Crippen LogP contribution in [0.4, 0.5) is 10.6 Å². The molecule has 1 aromatic rings. The summed E-state index contributed by atoms with van der Waals surface area (Å²) in [6, 6.07) is 0. The third kappa shape index (κ3) is 3.15. The van der Waals surface area contributed by atoms with E-state index in [9.17, 15) is 19.7 Å². The first-order valence-corrected chi connectivity index (χ1v) is 4.35. The third-order valence-electron chi connectivity index (χ3n) is 1.75. The van der Waals surface area contributed by atoms with Crippen molar-refractivity contribution in [3.8, 4) is 0 Å². The lowest BCUT2D eigenvalue weighted by Gasteiger charge is -1.97. The fourth-order valence-electron chi connectivity index (χ4n) is 1.07. The van der Waals surface area contributed by atoms with E-state index in [0.717, 1.165) is 10.9 Å². The molecular formula is C7H9N5O5. The highest BCUT2D eigenvalue weighted by atomic mass is 16.6. The van der Waals surface area contributed by atoms with Crippen LogP contribution in [-0.4, -0.2) is 33.3 Å². The molecule has 1 heterocycles. The molecule has 0 spiro atoms. The lowest BCUT2D eigenvalue weighted by molar-refractivity contribution is -0.390. The Hall–Kier alpha value is -2.65. The molecule has 4 N–H and O–H groups in total. The summed E-state index contributed by atoms with van der Waals surface area (Å²) in [4.78, 5) is 30.9. The molecule has 10 nitrogen and oxygen atoms in total. The van der Waals surface area contributed by atoms with Crippen LogP contribution in [0.3, 0.4) is 0 Å². The number of primary amides is 2. The minimum Gasteiger partial charge on any atom is -0.448 e. The molecule has 17 heavy (non-hydrogen) atoms. The first kappa shape index (κ1) is 12.4. The molecule has 2 amide bonds. The summed E-state index contributed by atoms with van der Waals surface area (Å²) in [6.45, 7) is -0.0938. The molecule has 0 aliphatic heterocycles. The van der Waals surface area contributed by atoms with E-state index in [4.69, 9.17) is 11.5 Å². The summed E-state index contributed by atoms with van der Waals surface area (Å²) in [5.41, 5.74) is 9.34. The number of hydrogen-bond acceptors (Lipinski definition) is 6. The van der Waals surface area contributed by atoms with E-state index in [2.05, 4.69) is 9.84 Å². The molecule has 0 aliphatic carbocycles. The zero-order chi connectivity index (χ0) is 13.0. The van der Waals surface area contributed by atoms with Crippen molar-refractivity contribution < 1.29 is 19.2 Å². The van der Waals surface area contributed by atoms with Crippen molar-refractivity contribution in [2.75, 3.05) is 6.61 Å². The Morgan fingerprint density at radius 3 is 2.59 bits per heavy atom. The maximum atomic E-state index is 10.9. The fourth-order valence-corrected chi connectivity index (χ4v) is 1.07. The summed E-state index contributed by atoms with van der Waals surface area (Å²) in [7, 11) is 0. The standard InChI is InChI=1S/C7H9N5O5/c8-5(13)4-3-11(1-2-17-7(9)14)10-6(4)12(15)16/h3H,1-2H2,(H2,8,13)(H2,9,14). The Morgan fingerprint density at radius 2 is 2.18 bits per heavy atom. The van der Waals surface area contributed by atoms with E-state index in [-0.39, 0.29) is 18.7 Å². The molecule has 1 rings (SSSR count).